The van der Waals surface area contributed by atoms with Crippen molar-refractivity contribution in [3.05, 3.63) is 27.7 Å². The summed E-state index contributed by atoms with van der Waals surface area (Å²) in [6.45, 7) is 5.44. The SMILES string of the molecule is CC(=O)CCC(=O)Nc1cc(C)c(Br)c(C)c1. The highest BCUT2D eigenvalue weighted by Crippen LogP contribution is 2.25. The predicted octanol–water partition coefficient (Wildman–Crippen LogP) is 3.37. The Balaban J connectivity index is 2.69. The Morgan fingerprint density at radius 2 is 1.71 bits per heavy atom. The van der Waals surface area contributed by atoms with Crippen LogP contribution in [0.15, 0.2) is 16.6 Å². The molecule has 0 saturated carbocycles. The van der Waals surface area contributed by atoms with Crippen LogP contribution in [0.3, 0.4) is 0 Å². The fourth-order valence-corrected chi connectivity index (χ4v) is 1.76. The van der Waals surface area contributed by atoms with Crippen LogP contribution in [-0.2, 0) is 9.59 Å². The number of nitrogens with one attached hydrogen (secondary N) is 1. The fourth-order valence-electron chi connectivity index (χ4n) is 1.53. The van der Waals surface area contributed by atoms with E-state index >= 15 is 0 Å². The molecule has 1 N–H and O–H groups in total. The Bertz CT molecular complexity index is 432. The van der Waals surface area contributed by atoms with Crippen LogP contribution in [0.2, 0.25) is 0 Å². The summed E-state index contributed by atoms with van der Waals surface area (Å²) in [4.78, 5) is 22.3. The van der Waals surface area contributed by atoms with Crippen molar-refractivity contribution in [2.24, 2.45) is 0 Å². The van der Waals surface area contributed by atoms with Gasteiger partial charge >= 0.3 is 0 Å². The number of hydrogen-bond acceptors (Lipinski definition) is 2. The van der Waals surface area contributed by atoms with E-state index in [1.807, 2.05) is 26.0 Å². The van der Waals surface area contributed by atoms with Gasteiger partial charge in [0, 0.05) is 23.0 Å². The molecule has 0 aliphatic heterocycles. The summed E-state index contributed by atoms with van der Waals surface area (Å²) >= 11 is 3.47. The second-order valence-corrected chi connectivity index (χ2v) is 4.97. The van der Waals surface area contributed by atoms with Crippen molar-refractivity contribution in [3.63, 3.8) is 0 Å². The minimum atomic E-state index is -0.124. The van der Waals surface area contributed by atoms with E-state index in [1.54, 1.807) is 0 Å². The number of carbonyl (C=O) groups excluding carboxylic acids is 2. The Labute approximate surface area is 110 Å². The smallest absolute Gasteiger partial charge is 0.224 e. The summed E-state index contributed by atoms with van der Waals surface area (Å²) in [6.07, 6.45) is 0.532. The highest BCUT2D eigenvalue weighted by atomic mass is 79.9. The van der Waals surface area contributed by atoms with Gasteiger partial charge in [0.25, 0.3) is 0 Å². The van der Waals surface area contributed by atoms with Crippen molar-refractivity contribution in [3.8, 4) is 0 Å². The van der Waals surface area contributed by atoms with E-state index in [9.17, 15) is 9.59 Å². The van der Waals surface area contributed by atoms with Gasteiger partial charge < -0.3 is 10.1 Å². The van der Waals surface area contributed by atoms with E-state index in [0.717, 1.165) is 21.3 Å². The molecule has 4 heteroatoms. The predicted molar refractivity (Wildman–Crippen MR) is 72.2 cm³/mol. The van der Waals surface area contributed by atoms with Crippen molar-refractivity contribution in [2.75, 3.05) is 5.32 Å². The molecule has 17 heavy (non-hydrogen) atoms. The summed E-state index contributed by atoms with van der Waals surface area (Å²) in [6, 6.07) is 3.81. The molecule has 1 aromatic carbocycles. The fraction of sp³-hybridized carbons (Fsp3) is 0.385. The molecule has 0 spiro atoms. The molecular formula is C13H16BrNO2. The maximum Gasteiger partial charge on any atom is 0.224 e. The first-order valence-electron chi connectivity index (χ1n) is 5.46. The number of carbonyl (C=O) groups is 2. The molecule has 0 unspecified atom stereocenters. The molecule has 3 nitrogen and oxygen atoms in total. The van der Waals surface area contributed by atoms with Gasteiger partial charge in [-0.2, -0.15) is 0 Å². The molecule has 0 heterocycles. The van der Waals surface area contributed by atoms with Gasteiger partial charge in [0.15, 0.2) is 0 Å². The van der Waals surface area contributed by atoms with E-state index in [4.69, 9.17) is 0 Å². The Morgan fingerprint density at radius 3 is 2.18 bits per heavy atom. The standard InChI is InChI=1S/C13H16BrNO2/c1-8-6-11(7-9(2)13(8)14)15-12(17)5-4-10(3)16/h6-7H,4-5H2,1-3H3,(H,15,17). The van der Waals surface area contributed by atoms with Crippen LogP contribution in [0, 0.1) is 13.8 Å². The van der Waals surface area contributed by atoms with Gasteiger partial charge in [-0.15, -0.1) is 0 Å². The average Bonchev–Trinajstić information content (AvgIpc) is 2.23. The summed E-state index contributed by atoms with van der Waals surface area (Å²) in [5.74, 6) is -0.0929. The number of rotatable bonds is 4. The molecule has 1 rings (SSSR count). The van der Waals surface area contributed by atoms with Crippen LogP contribution in [0.25, 0.3) is 0 Å². The zero-order valence-corrected chi connectivity index (χ0v) is 11.8. The number of aryl methyl sites for hydroxylation is 2. The van der Waals surface area contributed by atoms with Gasteiger partial charge in [0.05, 0.1) is 0 Å². The van der Waals surface area contributed by atoms with Gasteiger partial charge in [-0.05, 0) is 44.0 Å². The minimum absolute atomic E-state index is 0.0308. The molecule has 0 atom stereocenters. The molecule has 0 aliphatic carbocycles. The third kappa shape index (κ3) is 4.30. The molecule has 92 valence electrons. The minimum Gasteiger partial charge on any atom is -0.326 e. The van der Waals surface area contributed by atoms with Gasteiger partial charge in [-0.3, -0.25) is 4.79 Å². The molecule has 0 radical (unpaired) electrons. The lowest BCUT2D eigenvalue weighted by Gasteiger charge is -2.09. The summed E-state index contributed by atoms with van der Waals surface area (Å²) in [5.41, 5.74) is 2.93. The molecule has 0 fully saturated rings. The molecule has 1 aromatic rings. The first-order valence-corrected chi connectivity index (χ1v) is 6.25. The van der Waals surface area contributed by atoms with Crippen LogP contribution in [-0.4, -0.2) is 11.7 Å². The Hall–Kier alpha value is -1.16. The average molecular weight is 298 g/mol. The summed E-state index contributed by atoms with van der Waals surface area (Å²) < 4.78 is 1.05. The highest BCUT2D eigenvalue weighted by Gasteiger charge is 2.07. The van der Waals surface area contributed by atoms with Crippen molar-refractivity contribution in [1.82, 2.24) is 0 Å². The van der Waals surface area contributed by atoms with Crippen LogP contribution >= 0.6 is 15.9 Å². The van der Waals surface area contributed by atoms with E-state index in [2.05, 4.69) is 21.2 Å². The monoisotopic (exact) mass is 297 g/mol. The molecule has 0 aromatic heterocycles. The lowest BCUT2D eigenvalue weighted by Crippen LogP contribution is -2.12. The van der Waals surface area contributed by atoms with Crippen molar-refractivity contribution in [2.45, 2.75) is 33.6 Å². The third-order valence-corrected chi connectivity index (χ3v) is 3.68. The number of benzene rings is 1. The quantitative estimate of drug-likeness (QED) is 0.926. The number of halogens is 1. The normalized spacial score (nSPS) is 10.1. The van der Waals surface area contributed by atoms with Crippen LogP contribution in [0.4, 0.5) is 5.69 Å². The van der Waals surface area contributed by atoms with E-state index in [1.165, 1.54) is 6.92 Å². The molecule has 1 amide bonds. The zero-order valence-electron chi connectivity index (χ0n) is 10.3. The largest absolute Gasteiger partial charge is 0.326 e. The topological polar surface area (TPSA) is 46.2 Å². The van der Waals surface area contributed by atoms with Gasteiger partial charge in [0.2, 0.25) is 5.91 Å². The lowest BCUT2D eigenvalue weighted by molar-refractivity contribution is -0.121. The zero-order chi connectivity index (χ0) is 13.0. The number of anilines is 1. The van der Waals surface area contributed by atoms with Crippen LogP contribution in [0.5, 0.6) is 0 Å². The van der Waals surface area contributed by atoms with Gasteiger partial charge in [0.1, 0.15) is 5.78 Å². The first-order chi connectivity index (χ1) is 7.90. The number of Topliss-reactive ketones (excluding diaryl/α,β-unsaturated/α-hetero) is 1. The van der Waals surface area contributed by atoms with E-state index in [-0.39, 0.29) is 18.1 Å². The molecular weight excluding hydrogens is 282 g/mol. The second kappa shape index (κ2) is 5.96. The first kappa shape index (κ1) is 13.9. The van der Waals surface area contributed by atoms with E-state index in [0.29, 0.717) is 6.42 Å². The maximum atomic E-state index is 11.5. The van der Waals surface area contributed by atoms with Crippen molar-refractivity contribution < 1.29 is 9.59 Å². The summed E-state index contributed by atoms with van der Waals surface area (Å²) in [7, 11) is 0. The number of hydrogen-bond donors (Lipinski definition) is 1. The number of ketones is 1. The molecule has 0 bridgehead atoms. The number of amides is 1. The third-order valence-electron chi connectivity index (χ3n) is 2.42. The van der Waals surface area contributed by atoms with Crippen LogP contribution in [0.1, 0.15) is 30.9 Å². The summed E-state index contributed by atoms with van der Waals surface area (Å²) in [5, 5.41) is 2.79. The lowest BCUT2D eigenvalue weighted by atomic mass is 10.1. The highest BCUT2D eigenvalue weighted by molar-refractivity contribution is 9.10. The van der Waals surface area contributed by atoms with Crippen LogP contribution < -0.4 is 5.32 Å². The van der Waals surface area contributed by atoms with E-state index < -0.39 is 0 Å². The van der Waals surface area contributed by atoms with Crippen molar-refractivity contribution >= 4 is 33.3 Å². The second-order valence-electron chi connectivity index (χ2n) is 4.17. The molecule has 0 saturated heterocycles. The van der Waals surface area contributed by atoms with Crippen molar-refractivity contribution in [1.29, 1.82) is 0 Å². The van der Waals surface area contributed by atoms with Gasteiger partial charge in [-0.1, -0.05) is 15.9 Å². The maximum absolute atomic E-state index is 11.5. The molecule has 0 aliphatic rings. The Kier molecular flexibility index (Phi) is 4.87. The Morgan fingerprint density at radius 1 is 1.18 bits per heavy atom. The van der Waals surface area contributed by atoms with Gasteiger partial charge in [-0.25, -0.2) is 0 Å².